The summed E-state index contributed by atoms with van der Waals surface area (Å²) in [5, 5.41) is 13.8. The van der Waals surface area contributed by atoms with Gasteiger partial charge in [-0.3, -0.25) is 0 Å². The Hall–Kier alpha value is -2.22. The molecule has 1 aliphatic heterocycles. The highest BCUT2D eigenvalue weighted by molar-refractivity contribution is 5.43. The second kappa shape index (κ2) is 9.52. The van der Waals surface area contributed by atoms with E-state index in [-0.39, 0.29) is 25.1 Å². The van der Waals surface area contributed by atoms with Crippen LogP contribution in [0.1, 0.15) is 37.4 Å². The monoisotopic (exact) mass is 406 g/mol. The fourth-order valence-corrected chi connectivity index (χ4v) is 3.48. The number of hydrogen-bond donors (Lipinski definition) is 3. The fraction of sp³-hybridized carbons (Fsp3) is 0.455. The van der Waals surface area contributed by atoms with Gasteiger partial charge in [0, 0.05) is 36.7 Å². The molecule has 0 saturated heterocycles. The highest BCUT2D eigenvalue weighted by atomic mass is 19.1. The minimum atomic E-state index is -0.872. The molecule has 1 aliphatic rings. The van der Waals surface area contributed by atoms with E-state index in [4.69, 9.17) is 15.2 Å². The summed E-state index contributed by atoms with van der Waals surface area (Å²) in [4.78, 5) is 0. The predicted molar refractivity (Wildman–Crippen MR) is 107 cm³/mol. The van der Waals surface area contributed by atoms with Crippen LogP contribution in [0, 0.1) is 11.6 Å². The third kappa shape index (κ3) is 5.88. The highest BCUT2D eigenvalue weighted by Crippen LogP contribution is 2.35. The smallest absolute Gasteiger partial charge is 0.126 e. The lowest BCUT2D eigenvalue weighted by atomic mass is 9.98. The third-order valence-corrected chi connectivity index (χ3v) is 4.85. The number of rotatable bonds is 8. The van der Waals surface area contributed by atoms with Gasteiger partial charge in [0.15, 0.2) is 0 Å². The summed E-state index contributed by atoms with van der Waals surface area (Å²) in [6.07, 6.45) is 0.114. The predicted octanol–water partition coefficient (Wildman–Crippen LogP) is 3.10. The quantitative estimate of drug-likeness (QED) is 0.628. The van der Waals surface area contributed by atoms with Crippen LogP contribution in [0.25, 0.3) is 0 Å². The number of aliphatic hydroxyl groups is 1. The van der Waals surface area contributed by atoms with Gasteiger partial charge in [0.05, 0.1) is 18.8 Å². The first-order chi connectivity index (χ1) is 13.8. The summed E-state index contributed by atoms with van der Waals surface area (Å²) in [6, 6.07) is 8.33. The number of aliphatic hydroxyl groups excluding tert-OH is 1. The highest BCUT2D eigenvalue weighted by Gasteiger charge is 2.24. The SMILES string of the molecule is CC(C)Oc1ccc2c(c1)[C@@H](NC[C@@H](O)[C@@H](N)Cc1cc(F)cc(F)c1)CCO2. The summed E-state index contributed by atoms with van der Waals surface area (Å²) < 4.78 is 38.2. The molecule has 0 amide bonds. The molecule has 0 radical (unpaired) electrons. The first-order valence-corrected chi connectivity index (χ1v) is 9.87. The molecule has 3 atom stereocenters. The Morgan fingerprint density at radius 2 is 1.93 bits per heavy atom. The van der Waals surface area contributed by atoms with Crippen LogP contribution in [0.4, 0.5) is 8.78 Å². The van der Waals surface area contributed by atoms with Gasteiger partial charge < -0.3 is 25.6 Å². The number of nitrogens with one attached hydrogen (secondary N) is 1. The fourth-order valence-electron chi connectivity index (χ4n) is 3.48. The molecule has 158 valence electrons. The maximum atomic E-state index is 13.3. The average molecular weight is 406 g/mol. The zero-order chi connectivity index (χ0) is 21.0. The van der Waals surface area contributed by atoms with E-state index in [1.165, 1.54) is 12.1 Å². The van der Waals surface area contributed by atoms with Crippen molar-refractivity contribution in [2.24, 2.45) is 5.73 Å². The Balaban J connectivity index is 1.61. The van der Waals surface area contributed by atoms with Gasteiger partial charge in [-0.15, -0.1) is 0 Å². The van der Waals surface area contributed by atoms with E-state index >= 15 is 0 Å². The van der Waals surface area contributed by atoms with Crippen LogP contribution in [-0.4, -0.2) is 36.5 Å². The molecule has 3 rings (SSSR count). The van der Waals surface area contributed by atoms with Gasteiger partial charge in [-0.05, 0) is 56.2 Å². The maximum absolute atomic E-state index is 13.3. The minimum Gasteiger partial charge on any atom is -0.493 e. The Labute approximate surface area is 169 Å². The molecule has 0 bridgehead atoms. The Morgan fingerprint density at radius 1 is 1.21 bits per heavy atom. The normalized spacial score (nSPS) is 18.1. The Morgan fingerprint density at radius 3 is 2.62 bits per heavy atom. The summed E-state index contributed by atoms with van der Waals surface area (Å²) in [6.45, 7) is 4.75. The molecule has 1 heterocycles. The van der Waals surface area contributed by atoms with Crippen LogP contribution in [0.15, 0.2) is 36.4 Å². The first-order valence-electron chi connectivity index (χ1n) is 9.87. The van der Waals surface area contributed by atoms with E-state index in [9.17, 15) is 13.9 Å². The van der Waals surface area contributed by atoms with Crippen molar-refractivity contribution in [3.8, 4) is 11.5 Å². The molecule has 0 aromatic heterocycles. The van der Waals surface area contributed by atoms with Crippen LogP contribution in [-0.2, 0) is 6.42 Å². The van der Waals surface area contributed by atoms with Crippen LogP contribution < -0.4 is 20.5 Å². The lowest BCUT2D eigenvalue weighted by Gasteiger charge is -2.29. The van der Waals surface area contributed by atoms with E-state index in [0.717, 1.165) is 29.5 Å². The van der Waals surface area contributed by atoms with Crippen LogP contribution in [0.3, 0.4) is 0 Å². The molecule has 0 spiro atoms. The van der Waals surface area contributed by atoms with Gasteiger partial charge in [-0.1, -0.05) is 0 Å². The first kappa shape index (κ1) is 21.5. The van der Waals surface area contributed by atoms with Crippen LogP contribution >= 0.6 is 0 Å². The molecule has 0 fully saturated rings. The van der Waals surface area contributed by atoms with Gasteiger partial charge in [-0.25, -0.2) is 8.78 Å². The summed E-state index contributed by atoms with van der Waals surface area (Å²) in [7, 11) is 0. The van der Waals surface area contributed by atoms with Crippen molar-refractivity contribution in [3.05, 3.63) is 59.2 Å². The molecule has 2 aromatic rings. The molecule has 0 saturated carbocycles. The minimum absolute atomic E-state index is 0.0112. The van der Waals surface area contributed by atoms with Gasteiger partial charge in [0.25, 0.3) is 0 Å². The van der Waals surface area contributed by atoms with Gasteiger partial charge >= 0.3 is 0 Å². The van der Waals surface area contributed by atoms with Gasteiger partial charge in [-0.2, -0.15) is 0 Å². The van der Waals surface area contributed by atoms with Crippen molar-refractivity contribution in [2.75, 3.05) is 13.2 Å². The van der Waals surface area contributed by atoms with E-state index in [1.54, 1.807) is 0 Å². The molecule has 0 aliphatic carbocycles. The molecular weight excluding hydrogens is 378 g/mol. The number of benzene rings is 2. The molecule has 5 nitrogen and oxygen atoms in total. The third-order valence-electron chi connectivity index (χ3n) is 4.85. The molecule has 4 N–H and O–H groups in total. The van der Waals surface area contributed by atoms with Crippen molar-refractivity contribution in [3.63, 3.8) is 0 Å². The molecule has 7 heteroatoms. The van der Waals surface area contributed by atoms with Crippen molar-refractivity contribution < 1.29 is 23.4 Å². The van der Waals surface area contributed by atoms with E-state index in [1.807, 2.05) is 32.0 Å². The maximum Gasteiger partial charge on any atom is 0.126 e. The Bertz CT molecular complexity index is 811. The van der Waals surface area contributed by atoms with Crippen molar-refractivity contribution in [1.29, 1.82) is 0 Å². The number of nitrogens with two attached hydrogens (primary N) is 1. The Kier molecular flexibility index (Phi) is 7.05. The second-order valence-electron chi connectivity index (χ2n) is 7.68. The summed E-state index contributed by atoms with van der Waals surface area (Å²) in [5.41, 5.74) is 7.45. The number of hydrogen-bond acceptors (Lipinski definition) is 5. The van der Waals surface area contributed by atoms with Crippen LogP contribution in [0.2, 0.25) is 0 Å². The zero-order valence-corrected chi connectivity index (χ0v) is 16.7. The molecule has 0 unspecified atom stereocenters. The summed E-state index contributed by atoms with van der Waals surface area (Å²) >= 11 is 0. The lowest BCUT2D eigenvalue weighted by Crippen LogP contribution is -2.44. The van der Waals surface area contributed by atoms with Crippen LogP contribution in [0.5, 0.6) is 11.5 Å². The zero-order valence-electron chi connectivity index (χ0n) is 16.7. The van der Waals surface area contributed by atoms with E-state index < -0.39 is 23.8 Å². The molecular formula is C22H28F2N2O3. The topological polar surface area (TPSA) is 76.7 Å². The van der Waals surface area contributed by atoms with Crippen molar-refractivity contribution in [2.45, 2.75) is 51.0 Å². The van der Waals surface area contributed by atoms with E-state index in [0.29, 0.717) is 12.2 Å². The standard InChI is InChI=1S/C22H28F2N2O3/c1-13(2)29-17-3-4-22-18(11-17)20(5-6-28-22)26-12-21(27)19(25)9-14-7-15(23)10-16(24)8-14/h3-4,7-8,10-11,13,19-21,26-27H,5-6,9,12,25H2,1-2H3/t19-,20-,21+/m0/s1. The summed E-state index contributed by atoms with van der Waals surface area (Å²) in [5.74, 6) is 0.247. The molecule has 2 aromatic carbocycles. The number of fused-ring (bicyclic) bond motifs is 1. The number of ether oxygens (including phenoxy) is 2. The van der Waals surface area contributed by atoms with E-state index in [2.05, 4.69) is 5.32 Å². The van der Waals surface area contributed by atoms with Gasteiger partial charge in [0.2, 0.25) is 0 Å². The van der Waals surface area contributed by atoms with Gasteiger partial charge in [0.1, 0.15) is 23.1 Å². The van der Waals surface area contributed by atoms with Crippen molar-refractivity contribution in [1.82, 2.24) is 5.32 Å². The average Bonchev–Trinajstić information content (AvgIpc) is 2.64. The molecule has 29 heavy (non-hydrogen) atoms. The largest absolute Gasteiger partial charge is 0.493 e. The lowest BCUT2D eigenvalue weighted by molar-refractivity contribution is 0.133. The second-order valence-corrected chi connectivity index (χ2v) is 7.68. The number of halogens is 2. The van der Waals surface area contributed by atoms with Crippen molar-refractivity contribution >= 4 is 0 Å².